The summed E-state index contributed by atoms with van der Waals surface area (Å²) in [6.07, 6.45) is 5.98. The van der Waals surface area contributed by atoms with Crippen LogP contribution in [-0.2, 0) is 4.79 Å². The van der Waals surface area contributed by atoms with Crippen LogP contribution in [0.25, 0.3) is 0 Å². The summed E-state index contributed by atoms with van der Waals surface area (Å²) in [5.74, 6) is -1.15. The third-order valence-electron chi connectivity index (χ3n) is 5.59. The fourth-order valence-electron chi connectivity index (χ4n) is 4.19. The van der Waals surface area contributed by atoms with Crippen molar-refractivity contribution in [3.63, 3.8) is 0 Å². The summed E-state index contributed by atoms with van der Waals surface area (Å²) < 4.78 is 26.9. The number of nitrogens with one attached hydrogen (secondary N) is 2. The van der Waals surface area contributed by atoms with Gasteiger partial charge in [0.15, 0.2) is 0 Å². The third-order valence-corrected chi connectivity index (χ3v) is 5.59. The highest BCUT2D eigenvalue weighted by atomic mass is 19.1. The standard InChI is InChI=1S/C20H27F2N3O2/c1-14-6-5-11-25(13-14)18(26)20(9-3-2-4-10-20)24-19(27)23-17-8-7-15(21)12-16(17)22/h7-8,12,14H,2-6,9-11,13H2,1H3,(H2,23,24,27). The molecule has 0 bridgehead atoms. The predicted octanol–water partition coefficient (Wildman–Crippen LogP) is 4.05. The summed E-state index contributed by atoms with van der Waals surface area (Å²) in [7, 11) is 0. The number of urea groups is 1. The Balaban J connectivity index is 1.73. The zero-order valence-corrected chi connectivity index (χ0v) is 15.7. The molecule has 1 saturated carbocycles. The molecule has 2 fully saturated rings. The minimum Gasteiger partial charge on any atom is -0.340 e. The number of hydrogen-bond acceptors (Lipinski definition) is 2. The van der Waals surface area contributed by atoms with Crippen molar-refractivity contribution in [1.29, 1.82) is 0 Å². The van der Waals surface area contributed by atoms with Gasteiger partial charge in [-0.15, -0.1) is 0 Å². The van der Waals surface area contributed by atoms with Crippen LogP contribution in [0.4, 0.5) is 19.3 Å². The van der Waals surface area contributed by atoms with E-state index in [9.17, 15) is 18.4 Å². The average Bonchev–Trinajstić information content (AvgIpc) is 2.64. The number of nitrogens with zero attached hydrogens (tertiary/aromatic N) is 1. The summed E-state index contributed by atoms with van der Waals surface area (Å²) in [4.78, 5) is 27.7. The molecule has 3 amide bonds. The minimum atomic E-state index is -0.949. The number of hydrogen-bond donors (Lipinski definition) is 2. The van der Waals surface area contributed by atoms with Crippen molar-refractivity contribution in [3.8, 4) is 0 Å². The molecule has 148 valence electrons. The second-order valence-electron chi connectivity index (χ2n) is 7.84. The molecule has 27 heavy (non-hydrogen) atoms. The lowest BCUT2D eigenvalue weighted by molar-refractivity contribution is -0.141. The number of piperidine rings is 1. The quantitative estimate of drug-likeness (QED) is 0.832. The molecule has 1 aliphatic carbocycles. The van der Waals surface area contributed by atoms with E-state index in [4.69, 9.17) is 0 Å². The van der Waals surface area contributed by atoms with Gasteiger partial charge in [0.1, 0.15) is 17.2 Å². The number of benzene rings is 1. The van der Waals surface area contributed by atoms with Gasteiger partial charge in [0.2, 0.25) is 5.91 Å². The first kappa shape index (κ1) is 19.6. The van der Waals surface area contributed by atoms with Crippen LogP contribution in [-0.4, -0.2) is 35.5 Å². The molecule has 7 heteroatoms. The molecule has 0 spiro atoms. The third kappa shape index (κ3) is 4.57. The highest BCUT2D eigenvalue weighted by Gasteiger charge is 2.44. The summed E-state index contributed by atoms with van der Waals surface area (Å²) >= 11 is 0. The van der Waals surface area contributed by atoms with Gasteiger partial charge in [-0.05, 0) is 43.7 Å². The van der Waals surface area contributed by atoms with Crippen LogP contribution in [0.1, 0.15) is 51.9 Å². The van der Waals surface area contributed by atoms with E-state index in [-0.39, 0.29) is 11.6 Å². The van der Waals surface area contributed by atoms with Crippen LogP contribution >= 0.6 is 0 Å². The van der Waals surface area contributed by atoms with Gasteiger partial charge in [0.05, 0.1) is 5.69 Å². The van der Waals surface area contributed by atoms with Gasteiger partial charge in [-0.2, -0.15) is 0 Å². The number of rotatable bonds is 3. The summed E-state index contributed by atoms with van der Waals surface area (Å²) in [6, 6.07) is 2.33. The number of halogens is 2. The first-order valence-corrected chi connectivity index (χ1v) is 9.73. The minimum absolute atomic E-state index is 0.0384. The summed E-state index contributed by atoms with van der Waals surface area (Å²) in [5, 5.41) is 5.25. The largest absolute Gasteiger partial charge is 0.340 e. The zero-order chi connectivity index (χ0) is 19.4. The maximum Gasteiger partial charge on any atom is 0.320 e. The lowest BCUT2D eigenvalue weighted by Gasteiger charge is -2.42. The highest BCUT2D eigenvalue weighted by molar-refractivity contribution is 5.96. The van der Waals surface area contributed by atoms with Gasteiger partial charge in [0.25, 0.3) is 0 Å². The fraction of sp³-hybridized carbons (Fsp3) is 0.600. The Morgan fingerprint density at radius 3 is 2.56 bits per heavy atom. The Morgan fingerprint density at radius 2 is 1.89 bits per heavy atom. The van der Waals surface area contributed by atoms with E-state index in [0.717, 1.165) is 38.2 Å². The Morgan fingerprint density at radius 1 is 1.15 bits per heavy atom. The van der Waals surface area contributed by atoms with E-state index >= 15 is 0 Å². The number of amides is 3. The first-order valence-electron chi connectivity index (χ1n) is 9.73. The number of likely N-dealkylation sites (tertiary alicyclic amines) is 1. The molecule has 1 atom stereocenters. The van der Waals surface area contributed by atoms with Crippen LogP contribution in [0.15, 0.2) is 18.2 Å². The van der Waals surface area contributed by atoms with Crippen molar-refractivity contribution >= 4 is 17.6 Å². The van der Waals surface area contributed by atoms with Gasteiger partial charge in [0, 0.05) is 19.2 Å². The molecule has 1 aromatic rings. The maximum absolute atomic E-state index is 13.8. The number of carbonyl (C=O) groups excluding carboxylic acids is 2. The molecule has 1 saturated heterocycles. The van der Waals surface area contributed by atoms with Crippen molar-refractivity contribution in [2.75, 3.05) is 18.4 Å². The molecule has 0 aromatic heterocycles. The SMILES string of the molecule is CC1CCCN(C(=O)C2(NC(=O)Nc3ccc(F)cc3F)CCCCC2)C1. The lowest BCUT2D eigenvalue weighted by atomic mass is 9.80. The van der Waals surface area contributed by atoms with Gasteiger partial charge in [-0.25, -0.2) is 13.6 Å². The Hall–Kier alpha value is -2.18. The maximum atomic E-state index is 13.8. The van der Waals surface area contributed by atoms with Crippen molar-refractivity contribution in [3.05, 3.63) is 29.8 Å². The lowest BCUT2D eigenvalue weighted by Crippen LogP contribution is -2.62. The van der Waals surface area contributed by atoms with Crippen LogP contribution in [0.3, 0.4) is 0 Å². The van der Waals surface area contributed by atoms with Gasteiger partial charge < -0.3 is 15.5 Å². The number of anilines is 1. The monoisotopic (exact) mass is 379 g/mol. The summed E-state index contributed by atoms with van der Waals surface area (Å²) in [5.41, 5.74) is -1.06. The van der Waals surface area contributed by atoms with E-state index in [1.54, 1.807) is 0 Å². The van der Waals surface area contributed by atoms with Crippen LogP contribution in [0.5, 0.6) is 0 Å². The van der Waals surface area contributed by atoms with Gasteiger partial charge in [-0.3, -0.25) is 4.79 Å². The molecule has 2 N–H and O–H groups in total. The van der Waals surface area contributed by atoms with Crippen molar-refractivity contribution in [2.45, 2.75) is 57.4 Å². The predicted molar refractivity (Wildman–Crippen MR) is 99.3 cm³/mol. The topological polar surface area (TPSA) is 61.4 Å². The van der Waals surface area contributed by atoms with Crippen molar-refractivity contribution in [1.82, 2.24) is 10.2 Å². The molecular weight excluding hydrogens is 352 g/mol. The summed E-state index contributed by atoms with van der Waals surface area (Å²) in [6.45, 7) is 3.54. The van der Waals surface area contributed by atoms with Crippen molar-refractivity contribution < 1.29 is 18.4 Å². The zero-order valence-electron chi connectivity index (χ0n) is 15.7. The van der Waals surface area contributed by atoms with Crippen LogP contribution in [0.2, 0.25) is 0 Å². The normalized spacial score (nSPS) is 22.2. The molecule has 1 heterocycles. The van der Waals surface area contributed by atoms with Crippen LogP contribution < -0.4 is 10.6 Å². The second-order valence-corrected chi connectivity index (χ2v) is 7.84. The van der Waals surface area contributed by atoms with E-state index in [1.165, 1.54) is 6.07 Å². The van der Waals surface area contributed by atoms with Crippen molar-refractivity contribution in [2.24, 2.45) is 5.92 Å². The molecule has 5 nitrogen and oxygen atoms in total. The second kappa shape index (κ2) is 8.23. The fourth-order valence-corrected chi connectivity index (χ4v) is 4.19. The molecule has 0 radical (unpaired) electrons. The van der Waals surface area contributed by atoms with E-state index in [0.29, 0.717) is 37.9 Å². The Labute approximate surface area is 158 Å². The van der Waals surface area contributed by atoms with Gasteiger partial charge >= 0.3 is 6.03 Å². The van der Waals surface area contributed by atoms with Gasteiger partial charge in [-0.1, -0.05) is 26.2 Å². The Bertz CT molecular complexity index is 704. The Kier molecular flexibility index (Phi) is 5.97. The molecule has 2 aliphatic rings. The molecule has 1 aromatic carbocycles. The number of carbonyl (C=O) groups is 2. The smallest absolute Gasteiger partial charge is 0.320 e. The molecule has 1 unspecified atom stereocenters. The van der Waals surface area contributed by atoms with E-state index in [2.05, 4.69) is 17.6 Å². The average molecular weight is 379 g/mol. The molecular formula is C20H27F2N3O2. The van der Waals surface area contributed by atoms with E-state index < -0.39 is 23.2 Å². The van der Waals surface area contributed by atoms with E-state index in [1.807, 2.05) is 4.90 Å². The first-order chi connectivity index (χ1) is 12.9. The molecule has 1 aliphatic heterocycles. The van der Waals surface area contributed by atoms with Crippen LogP contribution in [0, 0.1) is 17.6 Å². The highest BCUT2D eigenvalue weighted by Crippen LogP contribution is 2.32. The molecule has 3 rings (SSSR count).